The van der Waals surface area contributed by atoms with E-state index in [-0.39, 0.29) is 25.2 Å². The number of benzene rings is 1. The Labute approximate surface area is 117 Å². The number of fused-ring (bicyclic) bond motifs is 1. The monoisotopic (exact) mass is 300 g/mol. The summed E-state index contributed by atoms with van der Waals surface area (Å²) in [6.45, 7) is 3.24. The molecule has 1 unspecified atom stereocenters. The van der Waals surface area contributed by atoms with Gasteiger partial charge in [0.15, 0.2) is 0 Å². The summed E-state index contributed by atoms with van der Waals surface area (Å²) >= 11 is 0. The van der Waals surface area contributed by atoms with E-state index in [1.807, 2.05) is 0 Å². The third kappa shape index (κ3) is 2.34. The average Bonchev–Trinajstić information content (AvgIpc) is 2.44. The van der Waals surface area contributed by atoms with Gasteiger partial charge in [0.1, 0.15) is 0 Å². The molecule has 110 valence electrons. The SMILES string of the molecule is CCOP(=O)(OCC)C1(F)CCc2ccccc2C1=O. The third-order valence-corrected chi connectivity index (χ3v) is 5.86. The smallest absolute Gasteiger partial charge is 0.306 e. The van der Waals surface area contributed by atoms with Crippen LogP contribution in [0.2, 0.25) is 0 Å². The van der Waals surface area contributed by atoms with E-state index in [1.165, 1.54) is 0 Å². The predicted octanol–water partition coefficient (Wildman–Crippen LogP) is 3.75. The van der Waals surface area contributed by atoms with Crippen LogP contribution >= 0.6 is 7.60 Å². The van der Waals surface area contributed by atoms with Crippen LogP contribution in [0.15, 0.2) is 24.3 Å². The van der Waals surface area contributed by atoms with E-state index in [2.05, 4.69) is 0 Å². The molecule has 0 saturated heterocycles. The minimum atomic E-state index is -4.13. The summed E-state index contributed by atoms with van der Waals surface area (Å²) in [6.07, 6.45) is 0.155. The highest BCUT2D eigenvalue weighted by atomic mass is 31.2. The highest BCUT2D eigenvalue weighted by molar-refractivity contribution is 7.56. The molecule has 1 aliphatic rings. The number of rotatable bonds is 5. The molecule has 0 radical (unpaired) electrons. The zero-order valence-electron chi connectivity index (χ0n) is 11.6. The van der Waals surface area contributed by atoms with E-state index in [1.54, 1.807) is 38.1 Å². The molecule has 4 nitrogen and oxygen atoms in total. The van der Waals surface area contributed by atoms with Crippen molar-refractivity contribution >= 4 is 13.4 Å². The second-order valence-electron chi connectivity index (χ2n) is 4.58. The van der Waals surface area contributed by atoms with Gasteiger partial charge < -0.3 is 9.05 Å². The summed E-state index contributed by atoms with van der Waals surface area (Å²) in [5.41, 5.74) is 1.03. The van der Waals surface area contributed by atoms with Gasteiger partial charge >= 0.3 is 7.60 Å². The number of carbonyl (C=O) groups excluding carboxylic acids is 1. The van der Waals surface area contributed by atoms with Crippen LogP contribution in [0.5, 0.6) is 0 Å². The number of halogens is 1. The third-order valence-electron chi connectivity index (χ3n) is 3.37. The van der Waals surface area contributed by atoms with E-state index in [0.717, 1.165) is 5.56 Å². The Morgan fingerprint density at radius 3 is 2.45 bits per heavy atom. The van der Waals surface area contributed by atoms with Crippen LogP contribution < -0.4 is 0 Å². The summed E-state index contributed by atoms with van der Waals surface area (Å²) < 4.78 is 37.9. The van der Waals surface area contributed by atoms with Gasteiger partial charge in [-0.25, -0.2) is 4.39 Å². The summed E-state index contributed by atoms with van der Waals surface area (Å²) in [6, 6.07) is 6.78. The molecule has 0 fully saturated rings. The molecule has 0 amide bonds. The van der Waals surface area contributed by atoms with Crippen molar-refractivity contribution in [2.75, 3.05) is 13.2 Å². The van der Waals surface area contributed by atoms with Gasteiger partial charge in [-0.15, -0.1) is 0 Å². The first kappa shape index (κ1) is 15.4. The van der Waals surface area contributed by atoms with E-state index in [4.69, 9.17) is 9.05 Å². The Morgan fingerprint density at radius 1 is 1.25 bits per heavy atom. The average molecular weight is 300 g/mol. The molecule has 0 heterocycles. The number of aryl methyl sites for hydroxylation is 1. The fourth-order valence-electron chi connectivity index (χ4n) is 2.42. The van der Waals surface area contributed by atoms with Crippen LogP contribution in [-0.2, 0) is 20.0 Å². The number of ketones is 1. The molecule has 0 aromatic heterocycles. The molecule has 0 N–H and O–H groups in total. The van der Waals surface area contributed by atoms with E-state index < -0.39 is 18.8 Å². The minimum Gasteiger partial charge on any atom is -0.306 e. The quantitative estimate of drug-likeness (QED) is 0.777. The molecule has 1 atom stereocenters. The van der Waals surface area contributed by atoms with Crippen molar-refractivity contribution in [1.29, 1.82) is 0 Å². The Morgan fingerprint density at radius 2 is 1.85 bits per heavy atom. The van der Waals surface area contributed by atoms with E-state index in [9.17, 15) is 9.36 Å². The van der Waals surface area contributed by atoms with Gasteiger partial charge in [0.2, 0.25) is 5.78 Å². The molecule has 0 spiro atoms. The van der Waals surface area contributed by atoms with Gasteiger partial charge in [-0.2, -0.15) is 0 Å². The largest absolute Gasteiger partial charge is 0.375 e. The fraction of sp³-hybridized carbons (Fsp3) is 0.500. The zero-order chi connectivity index (χ0) is 14.8. The van der Waals surface area contributed by atoms with Gasteiger partial charge in [-0.3, -0.25) is 9.36 Å². The number of Topliss-reactive ketones (excluding diaryl/α,β-unsaturated/α-hetero) is 1. The van der Waals surface area contributed by atoms with Crippen molar-refractivity contribution in [2.24, 2.45) is 0 Å². The predicted molar refractivity (Wildman–Crippen MR) is 73.8 cm³/mol. The lowest BCUT2D eigenvalue weighted by molar-refractivity contribution is 0.0703. The molecule has 1 aliphatic carbocycles. The molecule has 2 rings (SSSR count). The molecule has 1 aromatic carbocycles. The first-order valence-electron chi connectivity index (χ1n) is 6.69. The van der Waals surface area contributed by atoms with Crippen molar-refractivity contribution in [3.05, 3.63) is 35.4 Å². The van der Waals surface area contributed by atoms with Crippen LogP contribution in [-0.4, -0.2) is 24.4 Å². The molecule has 1 aromatic rings. The van der Waals surface area contributed by atoms with Crippen LogP contribution in [0.4, 0.5) is 4.39 Å². The molecule has 6 heteroatoms. The Kier molecular flexibility index (Phi) is 4.43. The molecular weight excluding hydrogens is 282 g/mol. The Bertz CT molecular complexity index is 550. The van der Waals surface area contributed by atoms with E-state index >= 15 is 4.39 Å². The lowest BCUT2D eigenvalue weighted by atomic mass is 9.89. The maximum Gasteiger partial charge on any atom is 0.375 e. The van der Waals surface area contributed by atoms with Gasteiger partial charge in [-0.1, -0.05) is 24.3 Å². The van der Waals surface area contributed by atoms with E-state index in [0.29, 0.717) is 6.42 Å². The topological polar surface area (TPSA) is 52.6 Å². The minimum absolute atomic E-state index is 0.0257. The summed E-state index contributed by atoms with van der Waals surface area (Å²) in [5, 5.41) is -2.59. The number of hydrogen-bond acceptors (Lipinski definition) is 4. The maximum atomic E-state index is 15.2. The van der Waals surface area contributed by atoms with Gasteiger partial charge in [-0.05, 0) is 25.8 Å². The first-order chi connectivity index (χ1) is 9.48. The van der Waals surface area contributed by atoms with Crippen molar-refractivity contribution in [1.82, 2.24) is 0 Å². The first-order valence-corrected chi connectivity index (χ1v) is 8.23. The van der Waals surface area contributed by atoms with Gasteiger partial charge in [0, 0.05) is 12.0 Å². The zero-order valence-corrected chi connectivity index (χ0v) is 12.5. The summed E-state index contributed by atoms with van der Waals surface area (Å²) in [4.78, 5) is 12.4. The Balaban J connectivity index is 2.45. The van der Waals surface area contributed by atoms with Crippen LogP contribution in [0, 0.1) is 0 Å². The second kappa shape index (κ2) is 5.76. The molecule has 0 saturated carbocycles. The maximum absolute atomic E-state index is 15.2. The molecule has 0 bridgehead atoms. The number of hydrogen-bond donors (Lipinski definition) is 0. The van der Waals surface area contributed by atoms with Crippen molar-refractivity contribution in [2.45, 2.75) is 32.1 Å². The summed E-state index contributed by atoms with van der Waals surface area (Å²) in [5.74, 6) is -0.801. The van der Waals surface area contributed by atoms with Crippen molar-refractivity contribution < 1.29 is 22.8 Å². The standard InChI is InChI=1S/C14H18FO4P/c1-3-18-20(17,19-4-2)14(15)10-9-11-7-5-6-8-12(11)13(14)16/h5-8H,3-4,9-10H2,1-2H3. The van der Waals surface area contributed by atoms with Gasteiger partial charge in [0.25, 0.3) is 5.41 Å². The highest BCUT2D eigenvalue weighted by Crippen LogP contribution is 2.64. The number of alkyl halides is 1. The Hall–Kier alpha value is -1.03. The lowest BCUT2D eigenvalue weighted by Gasteiger charge is -2.34. The van der Waals surface area contributed by atoms with Crippen molar-refractivity contribution in [3.8, 4) is 0 Å². The van der Waals surface area contributed by atoms with Crippen molar-refractivity contribution in [3.63, 3.8) is 0 Å². The number of carbonyl (C=O) groups is 1. The second-order valence-corrected chi connectivity index (χ2v) is 6.80. The lowest BCUT2D eigenvalue weighted by Crippen LogP contribution is -2.39. The normalized spacial score (nSPS) is 22.6. The van der Waals surface area contributed by atoms with Crippen LogP contribution in [0.25, 0.3) is 0 Å². The molecular formula is C14H18FO4P. The highest BCUT2D eigenvalue weighted by Gasteiger charge is 2.59. The fourth-order valence-corrected chi connectivity index (χ4v) is 4.34. The van der Waals surface area contributed by atoms with Crippen LogP contribution in [0.1, 0.15) is 36.2 Å². The van der Waals surface area contributed by atoms with Gasteiger partial charge in [0.05, 0.1) is 13.2 Å². The molecule has 0 aliphatic heterocycles. The van der Waals surface area contributed by atoms with Crippen LogP contribution in [0.3, 0.4) is 0 Å². The summed E-state index contributed by atoms with van der Waals surface area (Å²) in [7, 11) is -4.13. The molecule has 20 heavy (non-hydrogen) atoms.